The molecule has 3 N–H and O–H groups in total. The molecule has 1 atom stereocenters. The molecule has 2 aliphatic rings. The van der Waals surface area contributed by atoms with Crippen LogP contribution in [0, 0.1) is 11.7 Å². The number of carbonyl (C=O) groups excluding carboxylic acids is 1. The Hall–Kier alpha value is -2.93. The number of piperidine rings is 1. The number of aliphatic imine (C=N–C) groups is 1. The second-order valence-electron chi connectivity index (χ2n) is 9.01. The molecular weight excluding hydrogens is 421 g/mol. The second kappa shape index (κ2) is 10.3. The molecule has 0 spiro atoms. The lowest BCUT2D eigenvalue weighted by atomic mass is 9.80. The van der Waals surface area contributed by atoms with Crippen molar-refractivity contribution in [1.82, 2.24) is 4.90 Å². The number of likely N-dealkylation sites (tertiary alicyclic amines) is 1. The number of rotatable bonds is 6. The van der Waals surface area contributed by atoms with Crippen molar-refractivity contribution in [3.63, 3.8) is 0 Å². The van der Waals surface area contributed by atoms with Crippen LogP contribution in [0.1, 0.15) is 49.7 Å². The van der Waals surface area contributed by atoms with Crippen LogP contribution in [-0.2, 0) is 21.7 Å². The number of hydrogen-bond donors (Lipinski definition) is 2. The SMILES string of the molecule is NC(=NCc1ccc(F)cc1)N1CCC(OC(=O)[C@](O)(c2ccccc2)C2CCCC2)CC1. The van der Waals surface area contributed by atoms with Gasteiger partial charge in [0.25, 0.3) is 0 Å². The number of ether oxygens (including phenoxy) is 1. The van der Waals surface area contributed by atoms with Crippen molar-refractivity contribution in [2.24, 2.45) is 16.6 Å². The Bertz CT molecular complexity index is 953. The van der Waals surface area contributed by atoms with Gasteiger partial charge in [0.15, 0.2) is 11.6 Å². The minimum Gasteiger partial charge on any atom is -0.460 e. The average molecular weight is 454 g/mol. The lowest BCUT2D eigenvalue weighted by Gasteiger charge is -2.36. The van der Waals surface area contributed by atoms with Crippen molar-refractivity contribution in [2.45, 2.75) is 56.8 Å². The molecule has 1 aliphatic heterocycles. The van der Waals surface area contributed by atoms with E-state index in [9.17, 15) is 14.3 Å². The molecule has 0 aromatic heterocycles. The van der Waals surface area contributed by atoms with Gasteiger partial charge in [0.1, 0.15) is 11.9 Å². The molecule has 1 saturated carbocycles. The highest BCUT2D eigenvalue weighted by atomic mass is 19.1. The van der Waals surface area contributed by atoms with Gasteiger partial charge in [0.05, 0.1) is 6.54 Å². The van der Waals surface area contributed by atoms with E-state index in [0.717, 1.165) is 31.2 Å². The molecule has 0 unspecified atom stereocenters. The number of nitrogens with two attached hydrogens (primary N) is 1. The highest BCUT2D eigenvalue weighted by Gasteiger charge is 2.48. The molecule has 1 saturated heterocycles. The number of carbonyl (C=O) groups is 1. The molecule has 2 aromatic carbocycles. The Morgan fingerprint density at radius 1 is 1.06 bits per heavy atom. The van der Waals surface area contributed by atoms with E-state index in [2.05, 4.69) is 4.99 Å². The van der Waals surface area contributed by atoms with Gasteiger partial charge in [-0.15, -0.1) is 0 Å². The molecule has 1 aliphatic carbocycles. The fourth-order valence-corrected chi connectivity index (χ4v) is 4.86. The highest BCUT2D eigenvalue weighted by Crippen LogP contribution is 2.42. The fraction of sp³-hybridized carbons (Fsp3) is 0.462. The molecule has 176 valence electrons. The highest BCUT2D eigenvalue weighted by molar-refractivity contribution is 5.82. The summed E-state index contributed by atoms with van der Waals surface area (Å²) in [4.78, 5) is 19.6. The summed E-state index contributed by atoms with van der Waals surface area (Å²) < 4.78 is 18.9. The van der Waals surface area contributed by atoms with Gasteiger partial charge in [0, 0.05) is 31.8 Å². The predicted octanol–water partition coefficient (Wildman–Crippen LogP) is 3.73. The van der Waals surface area contributed by atoms with Crippen molar-refractivity contribution in [2.75, 3.05) is 13.1 Å². The maximum absolute atomic E-state index is 13.3. The Balaban J connectivity index is 1.35. The first kappa shape index (κ1) is 23.2. The lowest BCUT2D eigenvalue weighted by Crippen LogP contribution is -2.48. The average Bonchev–Trinajstić information content (AvgIpc) is 3.39. The number of aliphatic hydroxyl groups is 1. The standard InChI is InChI=1S/C26H32FN3O3/c27-22-12-10-19(11-13-22)18-29-25(28)30-16-14-23(15-17-30)33-24(31)26(32,21-8-4-5-9-21)20-6-2-1-3-7-20/h1-3,6-7,10-13,21,23,32H,4-5,8-9,14-18H2,(H2,28,29)/t26-/m0/s1. The summed E-state index contributed by atoms with van der Waals surface area (Å²) in [5, 5.41) is 11.6. The van der Waals surface area contributed by atoms with Gasteiger partial charge in [-0.25, -0.2) is 14.2 Å². The molecule has 0 radical (unpaired) electrons. The molecule has 0 amide bonds. The Kier molecular flexibility index (Phi) is 7.28. The number of guanidine groups is 1. The summed E-state index contributed by atoms with van der Waals surface area (Å²) in [5.41, 5.74) is 6.04. The predicted molar refractivity (Wildman–Crippen MR) is 125 cm³/mol. The third-order valence-corrected chi connectivity index (χ3v) is 6.85. The van der Waals surface area contributed by atoms with E-state index in [-0.39, 0.29) is 17.8 Å². The fourth-order valence-electron chi connectivity index (χ4n) is 4.86. The molecule has 1 heterocycles. The third-order valence-electron chi connectivity index (χ3n) is 6.85. The first-order chi connectivity index (χ1) is 16.0. The summed E-state index contributed by atoms with van der Waals surface area (Å²) in [6, 6.07) is 15.4. The number of nitrogens with zero attached hydrogens (tertiary/aromatic N) is 2. The molecular formula is C26H32FN3O3. The van der Waals surface area contributed by atoms with Crippen LogP contribution in [0.5, 0.6) is 0 Å². The molecule has 6 nitrogen and oxygen atoms in total. The van der Waals surface area contributed by atoms with E-state index in [4.69, 9.17) is 10.5 Å². The number of hydrogen-bond acceptors (Lipinski definition) is 4. The molecule has 2 fully saturated rings. The molecule has 4 rings (SSSR count). The van der Waals surface area contributed by atoms with Gasteiger partial charge in [-0.3, -0.25) is 0 Å². The first-order valence-electron chi connectivity index (χ1n) is 11.7. The van der Waals surface area contributed by atoms with Crippen LogP contribution in [0.3, 0.4) is 0 Å². The van der Waals surface area contributed by atoms with Crippen molar-refractivity contribution < 1.29 is 19.0 Å². The monoisotopic (exact) mass is 453 g/mol. The van der Waals surface area contributed by atoms with E-state index in [1.54, 1.807) is 24.3 Å². The lowest BCUT2D eigenvalue weighted by molar-refractivity contribution is -0.181. The zero-order valence-corrected chi connectivity index (χ0v) is 18.8. The van der Waals surface area contributed by atoms with E-state index < -0.39 is 11.6 Å². The summed E-state index contributed by atoms with van der Waals surface area (Å²) in [6.45, 7) is 1.61. The Morgan fingerprint density at radius 3 is 2.33 bits per heavy atom. The van der Waals surface area contributed by atoms with Crippen molar-refractivity contribution in [3.05, 3.63) is 71.5 Å². The minimum absolute atomic E-state index is 0.123. The van der Waals surface area contributed by atoms with E-state index in [0.29, 0.717) is 44.0 Å². The smallest absolute Gasteiger partial charge is 0.343 e. The zero-order chi connectivity index (χ0) is 23.3. The maximum atomic E-state index is 13.3. The summed E-state index contributed by atoms with van der Waals surface area (Å²) in [7, 11) is 0. The van der Waals surface area contributed by atoms with Crippen LogP contribution in [0.4, 0.5) is 4.39 Å². The van der Waals surface area contributed by atoms with Crippen LogP contribution in [0.25, 0.3) is 0 Å². The molecule has 33 heavy (non-hydrogen) atoms. The minimum atomic E-state index is -1.61. The van der Waals surface area contributed by atoms with E-state index in [1.807, 2.05) is 23.1 Å². The first-order valence-corrected chi connectivity index (χ1v) is 11.7. The van der Waals surface area contributed by atoms with Crippen LogP contribution in [0.2, 0.25) is 0 Å². The van der Waals surface area contributed by atoms with Crippen LogP contribution in [0.15, 0.2) is 59.6 Å². The van der Waals surface area contributed by atoms with Gasteiger partial charge in [-0.05, 0) is 36.1 Å². The van der Waals surface area contributed by atoms with E-state index >= 15 is 0 Å². The zero-order valence-electron chi connectivity index (χ0n) is 18.8. The summed E-state index contributed by atoms with van der Waals surface area (Å²) >= 11 is 0. The van der Waals surface area contributed by atoms with Crippen molar-refractivity contribution >= 4 is 11.9 Å². The van der Waals surface area contributed by atoms with Gasteiger partial charge in [-0.1, -0.05) is 55.3 Å². The second-order valence-corrected chi connectivity index (χ2v) is 9.01. The number of benzene rings is 2. The van der Waals surface area contributed by atoms with Gasteiger partial charge >= 0.3 is 5.97 Å². The number of halogens is 1. The van der Waals surface area contributed by atoms with Gasteiger partial charge in [-0.2, -0.15) is 0 Å². The Morgan fingerprint density at radius 2 is 1.70 bits per heavy atom. The number of esters is 1. The van der Waals surface area contributed by atoms with Crippen LogP contribution >= 0.6 is 0 Å². The summed E-state index contributed by atoms with van der Waals surface area (Å²) in [5.74, 6) is -0.519. The molecule has 7 heteroatoms. The third kappa shape index (κ3) is 5.36. The van der Waals surface area contributed by atoms with Gasteiger partial charge < -0.3 is 20.5 Å². The topological polar surface area (TPSA) is 88.1 Å². The van der Waals surface area contributed by atoms with Crippen LogP contribution in [-0.4, -0.2) is 41.1 Å². The largest absolute Gasteiger partial charge is 0.460 e. The van der Waals surface area contributed by atoms with Crippen molar-refractivity contribution in [3.8, 4) is 0 Å². The normalized spacial score (nSPS) is 19.9. The molecule has 2 aromatic rings. The Labute approximate surface area is 194 Å². The summed E-state index contributed by atoms with van der Waals surface area (Å²) in [6.07, 6.45) is 4.64. The van der Waals surface area contributed by atoms with Crippen LogP contribution < -0.4 is 5.73 Å². The molecule has 0 bridgehead atoms. The van der Waals surface area contributed by atoms with Gasteiger partial charge in [0.2, 0.25) is 0 Å². The van der Waals surface area contributed by atoms with Crippen molar-refractivity contribution in [1.29, 1.82) is 0 Å². The maximum Gasteiger partial charge on any atom is 0.343 e. The van der Waals surface area contributed by atoms with E-state index in [1.165, 1.54) is 12.1 Å². The quantitative estimate of drug-likeness (QED) is 0.395.